The molecule has 4 nitrogen and oxygen atoms in total. The van der Waals surface area contributed by atoms with Crippen LogP contribution in [0.25, 0.3) is 6.08 Å². The molecule has 0 saturated carbocycles. The molecule has 0 aliphatic heterocycles. The Kier molecular flexibility index (Phi) is 3.53. The van der Waals surface area contributed by atoms with Crippen LogP contribution in [0.15, 0.2) is 23.8 Å². The predicted molar refractivity (Wildman–Crippen MR) is 59.6 cm³/mol. The van der Waals surface area contributed by atoms with Crippen molar-refractivity contribution in [2.75, 3.05) is 7.05 Å². The van der Waals surface area contributed by atoms with Gasteiger partial charge in [-0.15, -0.1) is 0 Å². The molecule has 0 heterocycles. The van der Waals surface area contributed by atoms with Crippen LogP contribution in [0.5, 0.6) is 0 Å². The van der Waals surface area contributed by atoms with Crippen molar-refractivity contribution < 1.29 is 4.76 Å². The number of allylic oxidation sites excluding steroid dienone is 1. The van der Waals surface area contributed by atoms with Gasteiger partial charge in [0.05, 0.1) is 0 Å². The van der Waals surface area contributed by atoms with Gasteiger partial charge in [-0.2, -0.15) is 10.5 Å². The number of nitriles is 2. The molecular formula is C12H10N3O+. The van der Waals surface area contributed by atoms with Crippen molar-refractivity contribution in [2.24, 2.45) is 0 Å². The molecule has 0 aliphatic carbocycles. The number of rotatable bonds is 2. The Morgan fingerprint density at radius 1 is 1.38 bits per heavy atom. The maximum atomic E-state index is 11.1. The van der Waals surface area contributed by atoms with Crippen LogP contribution in [0.4, 0.5) is 5.69 Å². The van der Waals surface area contributed by atoms with E-state index >= 15 is 0 Å². The van der Waals surface area contributed by atoms with Crippen molar-refractivity contribution >= 4 is 11.8 Å². The van der Waals surface area contributed by atoms with Crippen LogP contribution in [-0.2, 0) is 0 Å². The van der Waals surface area contributed by atoms with Crippen molar-refractivity contribution in [3.8, 4) is 12.1 Å². The largest absolute Gasteiger partial charge is 0.258 e. The van der Waals surface area contributed by atoms with E-state index in [9.17, 15) is 4.91 Å². The monoisotopic (exact) mass is 212 g/mol. The van der Waals surface area contributed by atoms with Gasteiger partial charge in [0.2, 0.25) is 0 Å². The topological polar surface area (TPSA) is 67.7 Å². The Morgan fingerprint density at radius 2 is 2.00 bits per heavy atom. The average molecular weight is 212 g/mol. The summed E-state index contributed by atoms with van der Waals surface area (Å²) in [4.78, 5) is 11.1. The molecule has 0 radical (unpaired) electrons. The molecular weight excluding hydrogens is 202 g/mol. The van der Waals surface area contributed by atoms with Crippen molar-refractivity contribution in [3.63, 3.8) is 0 Å². The number of nitrogens with zero attached hydrogens (tertiary/aromatic N) is 3. The van der Waals surface area contributed by atoms with Gasteiger partial charge in [0, 0.05) is 21.3 Å². The Hall–Kier alpha value is -2.46. The van der Waals surface area contributed by atoms with Gasteiger partial charge >= 0.3 is 0 Å². The van der Waals surface area contributed by atoms with Gasteiger partial charge in [0.1, 0.15) is 17.7 Å². The molecule has 78 valence electrons. The molecule has 0 amide bonds. The number of hydrogen-bond acceptors (Lipinski definition) is 3. The zero-order valence-electron chi connectivity index (χ0n) is 9.06. The van der Waals surface area contributed by atoms with Gasteiger partial charge in [0.25, 0.3) is 5.69 Å². The van der Waals surface area contributed by atoms with Crippen LogP contribution < -0.4 is 0 Å². The quantitative estimate of drug-likeness (QED) is 0.558. The average Bonchev–Trinajstić information content (AvgIpc) is 2.25. The zero-order chi connectivity index (χ0) is 12.1. The van der Waals surface area contributed by atoms with E-state index in [-0.39, 0.29) is 5.57 Å². The van der Waals surface area contributed by atoms with E-state index in [2.05, 4.69) is 0 Å². The van der Waals surface area contributed by atoms with Crippen molar-refractivity contribution in [1.29, 1.82) is 10.5 Å². The molecule has 0 aliphatic rings. The Labute approximate surface area is 93.6 Å². The lowest BCUT2D eigenvalue weighted by Crippen LogP contribution is -1.93. The van der Waals surface area contributed by atoms with E-state index in [1.807, 2.05) is 0 Å². The van der Waals surface area contributed by atoms with Crippen molar-refractivity contribution in [2.45, 2.75) is 6.92 Å². The molecule has 4 heteroatoms. The van der Waals surface area contributed by atoms with E-state index in [0.717, 1.165) is 15.9 Å². The standard InChI is InChI=1S/C12H10N3O/c1-9-5-10(6-11(7-13)8-14)3-4-12(9)15(2)16/h3-6H,1-2H3/q+1. The summed E-state index contributed by atoms with van der Waals surface area (Å²) in [6.45, 7) is 1.81. The molecule has 0 N–H and O–H groups in total. The van der Waals surface area contributed by atoms with E-state index in [1.165, 1.54) is 13.1 Å². The first-order valence-electron chi connectivity index (χ1n) is 4.62. The minimum Gasteiger partial charge on any atom is -0.192 e. The number of hydrogen-bond donors (Lipinski definition) is 0. The van der Waals surface area contributed by atoms with Crippen LogP contribution in [0.2, 0.25) is 0 Å². The van der Waals surface area contributed by atoms with Gasteiger partial charge < -0.3 is 0 Å². The molecule has 0 bridgehead atoms. The maximum absolute atomic E-state index is 11.1. The Morgan fingerprint density at radius 3 is 2.44 bits per heavy atom. The van der Waals surface area contributed by atoms with Gasteiger partial charge in [-0.1, -0.05) is 0 Å². The molecule has 0 saturated heterocycles. The van der Waals surface area contributed by atoms with Gasteiger partial charge in [-0.05, 0) is 30.7 Å². The first-order valence-corrected chi connectivity index (χ1v) is 4.62. The maximum Gasteiger partial charge on any atom is 0.258 e. The number of benzene rings is 1. The summed E-state index contributed by atoms with van der Waals surface area (Å²) in [5.74, 6) is 0. The minimum atomic E-state index is 0.0441. The summed E-state index contributed by atoms with van der Waals surface area (Å²) in [7, 11) is 1.42. The van der Waals surface area contributed by atoms with Crippen LogP contribution in [-0.4, -0.2) is 11.8 Å². The molecule has 0 spiro atoms. The van der Waals surface area contributed by atoms with Gasteiger partial charge in [0.15, 0.2) is 7.05 Å². The predicted octanol–water partition coefficient (Wildman–Crippen LogP) is 2.47. The van der Waals surface area contributed by atoms with Crippen LogP contribution >= 0.6 is 0 Å². The second-order valence-electron chi connectivity index (χ2n) is 3.33. The fraction of sp³-hybridized carbons (Fsp3) is 0.167. The van der Waals surface area contributed by atoms with E-state index < -0.39 is 0 Å². The summed E-state index contributed by atoms with van der Waals surface area (Å²) >= 11 is 0. The van der Waals surface area contributed by atoms with Gasteiger partial charge in [-0.3, -0.25) is 0 Å². The van der Waals surface area contributed by atoms with Crippen LogP contribution in [0.3, 0.4) is 0 Å². The molecule has 0 unspecified atom stereocenters. The third kappa shape index (κ3) is 2.52. The smallest absolute Gasteiger partial charge is 0.192 e. The van der Waals surface area contributed by atoms with Crippen molar-refractivity contribution in [3.05, 3.63) is 39.8 Å². The fourth-order valence-electron chi connectivity index (χ4n) is 1.38. The Balaban J connectivity index is 3.19. The molecule has 1 aromatic carbocycles. The first kappa shape index (κ1) is 11.6. The summed E-state index contributed by atoms with van der Waals surface area (Å²) in [5.41, 5.74) is 2.16. The van der Waals surface area contributed by atoms with Gasteiger partial charge in [-0.25, -0.2) is 0 Å². The zero-order valence-corrected chi connectivity index (χ0v) is 9.06. The molecule has 0 atom stereocenters. The number of aryl methyl sites for hydroxylation is 1. The SMILES string of the molecule is Cc1cc(C=C(C#N)C#N)ccc1[N+](C)=O. The highest BCUT2D eigenvalue weighted by Gasteiger charge is 2.10. The highest BCUT2D eigenvalue weighted by molar-refractivity contribution is 5.63. The van der Waals surface area contributed by atoms with E-state index in [1.54, 1.807) is 37.3 Å². The normalized spacial score (nSPS) is 8.75. The summed E-state index contributed by atoms with van der Waals surface area (Å²) in [6.07, 6.45) is 1.49. The molecule has 0 aromatic heterocycles. The fourth-order valence-corrected chi connectivity index (χ4v) is 1.38. The third-order valence-electron chi connectivity index (χ3n) is 2.11. The van der Waals surface area contributed by atoms with E-state index in [0.29, 0.717) is 5.69 Å². The first-order chi connectivity index (χ1) is 7.58. The summed E-state index contributed by atoms with van der Waals surface area (Å²) in [5, 5.41) is 17.2. The highest BCUT2D eigenvalue weighted by atomic mass is 16.3. The highest BCUT2D eigenvalue weighted by Crippen LogP contribution is 2.19. The second kappa shape index (κ2) is 4.86. The second-order valence-corrected chi connectivity index (χ2v) is 3.33. The van der Waals surface area contributed by atoms with E-state index in [4.69, 9.17) is 10.5 Å². The Bertz CT molecular complexity index is 528. The molecule has 0 fully saturated rings. The minimum absolute atomic E-state index is 0.0441. The summed E-state index contributed by atoms with van der Waals surface area (Å²) in [6, 6.07) is 8.70. The lowest BCUT2D eigenvalue weighted by atomic mass is 10.1. The van der Waals surface area contributed by atoms with Crippen LogP contribution in [0.1, 0.15) is 11.1 Å². The molecule has 1 aromatic rings. The lowest BCUT2D eigenvalue weighted by Gasteiger charge is -1.97. The molecule has 1 rings (SSSR count). The summed E-state index contributed by atoms with van der Waals surface area (Å²) < 4.78 is 0.776. The third-order valence-corrected chi connectivity index (χ3v) is 2.11. The number of nitroso groups, excluding NO2 is 1. The van der Waals surface area contributed by atoms with Crippen LogP contribution in [0, 0.1) is 34.5 Å². The lowest BCUT2D eigenvalue weighted by molar-refractivity contribution is -0.428. The molecule has 16 heavy (non-hydrogen) atoms. The van der Waals surface area contributed by atoms with Crippen molar-refractivity contribution in [1.82, 2.24) is 0 Å².